The lowest BCUT2D eigenvalue weighted by molar-refractivity contribution is -0.132. The van der Waals surface area contributed by atoms with Crippen LogP contribution in [0.2, 0.25) is 0 Å². The number of ether oxygens (including phenoxy) is 1. The van der Waals surface area contributed by atoms with Gasteiger partial charge >= 0.3 is 0 Å². The number of imidazole rings is 1. The van der Waals surface area contributed by atoms with Gasteiger partial charge in [-0.15, -0.1) is 0 Å². The van der Waals surface area contributed by atoms with Crippen molar-refractivity contribution >= 4 is 11.8 Å². The SMILES string of the molecule is CNC(=O)c1[nH]c(C2CCN(C(=O)CC3C=CCC3)CC2)nc1-c1ccc(OC)cc1. The Bertz CT molecular complexity index is 956. The van der Waals surface area contributed by atoms with E-state index in [0.717, 1.165) is 55.9 Å². The van der Waals surface area contributed by atoms with Gasteiger partial charge in [-0.05, 0) is 55.9 Å². The second kappa shape index (κ2) is 9.37. The van der Waals surface area contributed by atoms with Gasteiger partial charge in [-0.25, -0.2) is 4.98 Å². The lowest BCUT2D eigenvalue weighted by atomic mass is 9.95. The molecule has 2 aliphatic rings. The topological polar surface area (TPSA) is 87.3 Å². The second-order valence-corrected chi connectivity index (χ2v) is 8.28. The van der Waals surface area contributed by atoms with E-state index >= 15 is 0 Å². The van der Waals surface area contributed by atoms with Gasteiger partial charge in [0.25, 0.3) is 5.91 Å². The van der Waals surface area contributed by atoms with Gasteiger partial charge in [0.2, 0.25) is 5.91 Å². The summed E-state index contributed by atoms with van der Waals surface area (Å²) in [6, 6.07) is 7.54. The summed E-state index contributed by atoms with van der Waals surface area (Å²) in [6.45, 7) is 1.46. The highest BCUT2D eigenvalue weighted by molar-refractivity contribution is 5.98. The Morgan fingerprint density at radius 3 is 2.55 bits per heavy atom. The Kier molecular flexibility index (Phi) is 6.39. The van der Waals surface area contributed by atoms with Crippen LogP contribution in [0.15, 0.2) is 36.4 Å². The highest BCUT2D eigenvalue weighted by atomic mass is 16.5. The van der Waals surface area contributed by atoms with Crippen molar-refractivity contribution in [1.29, 1.82) is 0 Å². The molecule has 0 spiro atoms. The van der Waals surface area contributed by atoms with E-state index in [-0.39, 0.29) is 17.7 Å². The Labute approximate surface area is 182 Å². The number of benzene rings is 1. The molecule has 164 valence electrons. The normalized spacial score (nSPS) is 18.9. The maximum atomic E-state index is 12.6. The molecule has 2 amide bonds. The predicted molar refractivity (Wildman–Crippen MR) is 119 cm³/mol. The van der Waals surface area contributed by atoms with Gasteiger partial charge in [0.1, 0.15) is 23.0 Å². The van der Waals surface area contributed by atoms with E-state index in [1.807, 2.05) is 29.2 Å². The van der Waals surface area contributed by atoms with Crippen LogP contribution in [0.5, 0.6) is 5.75 Å². The molecule has 1 aromatic heterocycles. The van der Waals surface area contributed by atoms with E-state index < -0.39 is 0 Å². The third kappa shape index (κ3) is 4.65. The third-order valence-electron chi connectivity index (χ3n) is 6.32. The number of allylic oxidation sites excluding steroid dienone is 2. The summed E-state index contributed by atoms with van der Waals surface area (Å²) in [5.41, 5.74) is 1.97. The average molecular weight is 423 g/mol. The van der Waals surface area contributed by atoms with Crippen LogP contribution in [0.1, 0.15) is 54.3 Å². The molecule has 1 aliphatic heterocycles. The Morgan fingerprint density at radius 1 is 1.19 bits per heavy atom. The van der Waals surface area contributed by atoms with Crippen molar-refractivity contribution < 1.29 is 14.3 Å². The fraction of sp³-hybridized carbons (Fsp3) is 0.458. The van der Waals surface area contributed by atoms with Gasteiger partial charge < -0.3 is 19.9 Å². The molecule has 2 heterocycles. The minimum atomic E-state index is -0.193. The molecule has 0 radical (unpaired) electrons. The molecule has 0 bridgehead atoms. The number of nitrogens with zero attached hydrogens (tertiary/aromatic N) is 2. The zero-order chi connectivity index (χ0) is 21.8. The molecular formula is C24H30N4O3. The maximum Gasteiger partial charge on any atom is 0.269 e. The van der Waals surface area contributed by atoms with E-state index in [1.165, 1.54) is 0 Å². The number of likely N-dealkylation sites (tertiary alicyclic amines) is 1. The van der Waals surface area contributed by atoms with Crippen LogP contribution in [0.3, 0.4) is 0 Å². The number of piperidine rings is 1. The molecule has 1 saturated heterocycles. The number of aromatic amines is 1. The van der Waals surface area contributed by atoms with Gasteiger partial charge in [0, 0.05) is 38.0 Å². The summed E-state index contributed by atoms with van der Waals surface area (Å²) in [7, 11) is 3.24. The monoisotopic (exact) mass is 422 g/mol. The zero-order valence-electron chi connectivity index (χ0n) is 18.2. The van der Waals surface area contributed by atoms with Gasteiger partial charge in [-0.2, -0.15) is 0 Å². The first-order chi connectivity index (χ1) is 15.1. The largest absolute Gasteiger partial charge is 0.497 e. The molecule has 1 aliphatic carbocycles. The van der Waals surface area contributed by atoms with Crippen molar-refractivity contribution in [3.63, 3.8) is 0 Å². The number of hydrogen-bond donors (Lipinski definition) is 2. The van der Waals surface area contributed by atoms with Crippen LogP contribution < -0.4 is 10.1 Å². The van der Waals surface area contributed by atoms with Crippen molar-refractivity contribution in [1.82, 2.24) is 20.2 Å². The molecule has 1 aromatic carbocycles. The smallest absolute Gasteiger partial charge is 0.269 e. The van der Waals surface area contributed by atoms with Crippen molar-refractivity contribution in [3.05, 3.63) is 47.9 Å². The maximum absolute atomic E-state index is 12.6. The van der Waals surface area contributed by atoms with Crippen molar-refractivity contribution in [3.8, 4) is 17.0 Å². The fourth-order valence-corrected chi connectivity index (χ4v) is 4.45. The van der Waals surface area contributed by atoms with Crippen LogP contribution in [-0.4, -0.2) is 53.9 Å². The number of nitrogens with one attached hydrogen (secondary N) is 2. The van der Waals surface area contributed by atoms with Gasteiger partial charge in [0.15, 0.2) is 0 Å². The minimum absolute atomic E-state index is 0.193. The fourth-order valence-electron chi connectivity index (χ4n) is 4.45. The van der Waals surface area contributed by atoms with Gasteiger partial charge in [0.05, 0.1) is 7.11 Å². The van der Waals surface area contributed by atoms with E-state index in [0.29, 0.717) is 23.7 Å². The lowest BCUT2D eigenvalue weighted by Crippen LogP contribution is -2.38. The van der Waals surface area contributed by atoms with Crippen LogP contribution in [0.4, 0.5) is 0 Å². The molecule has 2 N–H and O–H groups in total. The van der Waals surface area contributed by atoms with Gasteiger partial charge in [-0.1, -0.05) is 12.2 Å². The quantitative estimate of drug-likeness (QED) is 0.698. The molecule has 1 atom stereocenters. The molecule has 2 aromatic rings. The van der Waals surface area contributed by atoms with Gasteiger partial charge in [-0.3, -0.25) is 9.59 Å². The van der Waals surface area contributed by atoms with Crippen LogP contribution in [0, 0.1) is 5.92 Å². The number of carbonyl (C=O) groups excluding carboxylic acids is 2. The van der Waals surface area contributed by atoms with Crippen molar-refractivity contribution in [2.75, 3.05) is 27.2 Å². The summed E-state index contributed by atoms with van der Waals surface area (Å²) < 4.78 is 5.23. The summed E-state index contributed by atoms with van der Waals surface area (Å²) in [6.07, 6.45) is 8.82. The van der Waals surface area contributed by atoms with E-state index in [2.05, 4.69) is 22.5 Å². The molecule has 1 unspecified atom stereocenters. The summed E-state index contributed by atoms with van der Waals surface area (Å²) in [5, 5.41) is 2.69. The number of rotatable bonds is 6. The first kappa shape index (κ1) is 21.2. The molecule has 31 heavy (non-hydrogen) atoms. The Morgan fingerprint density at radius 2 is 1.94 bits per heavy atom. The summed E-state index contributed by atoms with van der Waals surface area (Å²) >= 11 is 0. The molecule has 7 nitrogen and oxygen atoms in total. The number of H-pyrrole nitrogens is 1. The number of hydrogen-bond acceptors (Lipinski definition) is 4. The Balaban J connectivity index is 1.47. The zero-order valence-corrected chi connectivity index (χ0v) is 18.2. The molecule has 1 fully saturated rings. The molecule has 0 saturated carbocycles. The summed E-state index contributed by atoms with van der Waals surface area (Å²) in [5.74, 6) is 2.23. The highest BCUT2D eigenvalue weighted by Crippen LogP contribution is 2.31. The van der Waals surface area contributed by atoms with Crippen LogP contribution >= 0.6 is 0 Å². The molecule has 4 rings (SSSR count). The molecule has 7 heteroatoms. The number of aromatic nitrogens is 2. The Hall–Kier alpha value is -3.09. The number of amides is 2. The highest BCUT2D eigenvalue weighted by Gasteiger charge is 2.29. The predicted octanol–water partition coefficient (Wildman–Crippen LogP) is 3.51. The van der Waals surface area contributed by atoms with Crippen LogP contribution in [-0.2, 0) is 4.79 Å². The minimum Gasteiger partial charge on any atom is -0.497 e. The molecular weight excluding hydrogens is 392 g/mol. The number of methoxy groups -OCH3 is 1. The van der Waals surface area contributed by atoms with Crippen molar-refractivity contribution in [2.45, 2.75) is 38.0 Å². The summed E-state index contributed by atoms with van der Waals surface area (Å²) in [4.78, 5) is 35.2. The number of carbonyl (C=O) groups is 2. The van der Waals surface area contributed by atoms with Crippen molar-refractivity contribution in [2.24, 2.45) is 5.92 Å². The average Bonchev–Trinajstić information content (AvgIpc) is 3.49. The standard InChI is InChI=1S/C24H30N4O3/c1-25-24(30)22-21(17-7-9-19(31-2)10-8-17)26-23(27-22)18-11-13-28(14-12-18)20(29)15-16-5-3-4-6-16/h3,5,7-10,16,18H,4,6,11-15H2,1-2H3,(H,25,30)(H,26,27). The lowest BCUT2D eigenvalue weighted by Gasteiger charge is -2.31. The van der Waals surface area contributed by atoms with E-state index in [1.54, 1.807) is 14.2 Å². The van der Waals surface area contributed by atoms with Crippen LogP contribution in [0.25, 0.3) is 11.3 Å². The van der Waals surface area contributed by atoms with E-state index in [4.69, 9.17) is 9.72 Å². The first-order valence-corrected chi connectivity index (χ1v) is 11.0. The second-order valence-electron chi connectivity index (χ2n) is 8.28. The first-order valence-electron chi connectivity index (χ1n) is 11.0. The van der Waals surface area contributed by atoms with E-state index in [9.17, 15) is 9.59 Å². The third-order valence-corrected chi connectivity index (χ3v) is 6.32.